The Labute approximate surface area is 119 Å². The molecule has 1 aromatic heterocycles. The second-order valence-corrected chi connectivity index (χ2v) is 5.65. The molecule has 0 saturated carbocycles. The smallest absolute Gasteiger partial charge is 0.192 e. The maximum Gasteiger partial charge on any atom is 0.192 e. The summed E-state index contributed by atoms with van der Waals surface area (Å²) >= 11 is 1.70. The Kier molecular flexibility index (Phi) is 4.76. The van der Waals surface area contributed by atoms with Crippen LogP contribution in [0.15, 0.2) is 10.4 Å². The Morgan fingerprint density at radius 2 is 2.21 bits per heavy atom. The van der Waals surface area contributed by atoms with Crippen molar-refractivity contribution in [1.82, 2.24) is 14.8 Å². The van der Waals surface area contributed by atoms with Crippen LogP contribution >= 0.6 is 11.3 Å². The normalized spacial score (nSPS) is 19.3. The Hall–Kier alpha value is -1.14. The van der Waals surface area contributed by atoms with E-state index in [1.165, 1.54) is 0 Å². The first-order chi connectivity index (χ1) is 9.15. The van der Waals surface area contributed by atoms with Crippen LogP contribution in [0.2, 0.25) is 0 Å². The van der Waals surface area contributed by atoms with E-state index in [9.17, 15) is 0 Å². The summed E-state index contributed by atoms with van der Waals surface area (Å²) in [7, 11) is 0. The summed E-state index contributed by atoms with van der Waals surface area (Å²) in [5.74, 6) is 0.657. The second kappa shape index (κ2) is 6.34. The molecule has 0 saturated heterocycles. The van der Waals surface area contributed by atoms with Crippen molar-refractivity contribution in [3.05, 3.63) is 16.1 Å². The molecule has 2 rings (SSSR count). The van der Waals surface area contributed by atoms with Gasteiger partial charge in [-0.1, -0.05) is 13.8 Å². The van der Waals surface area contributed by atoms with Gasteiger partial charge < -0.3 is 15.5 Å². The molecule has 1 atom stereocenters. The van der Waals surface area contributed by atoms with Crippen LogP contribution in [-0.4, -0.2) is 53.5 Å². The molecule has 0 aliphatic carbocycles. The predicted molar refractivity (Wildman–Crippen MR) is 80.6 cm³/mol. The number of thiazole rings is 1. The highest BCUT2D eigenvalue weighted by Crippen LogP contribution is 2.27. The van der Waals surface area contributed by atoms with Crippen LogP contribution in [0.1, 0.15) is 30.6 Å². The number of aromatic nitrogens is 1. The minimum atomic E-state index is 0.231. The van der Waals surface area contributed by atoms with Gasteiger partial charge in [-0.3, -0.25) is 4.99 Å². The van der Waals surface area contributed by atoms with Crippen LogP contribution in [-0.2, 0) is 0 Å². The highest BCUT2D eigenvalue weighted by atomic mass is 32.1. The van der Waals surface area contributed by atoms with Gasteiger partial charge in [-0.25, -0.2) is 4.98 Å². The number of likely N-dealkylation sites (N-methyl/N-ethyl adjacent to an activating group) is 1. The SMILES string of the molecule is CCN(CC)CCN1C(N)=NCC1c1nc(C)cs1. The number of guanidine groups is 1. The van der Waals surface area contributed by atoms with E-state index in [1.807, 2.05) is 6.92 Å². The molecule has 1 aliphatic heterocycles. The molecule has 19 heavy (non-hydrogen) atoms. The maximum atomic E-state index is 6.02. The lowest BCUT2D eigenvalue weighted by molar-refractivity contribution is 0.248. The van der Waals surface area contributed by atoms with Crippen molar-refractivity contribution in [1.29, 1.82) is 0 Å². The van der Waals surface area contributed by atoms with E-state index in [2.05, 4.69) is 39.0 Å². The highest BCUT2D eigenvalue weighted by molar-refractivity contribution is 7.09. The van der Waals surface area contributed by atoms with Gasteiger partial charge in [-0.15, -0.1) is 11.3 Å². The average Bonchev–Trinajstić information content (AvgIpc) is 2.98. The summed E-state index contributed by atoms with van der Waals surface area (Å²) in [6.07, 6.45) is 0. The van der Waals surface area contributed by atoms with Gasteiger partial charge in [0.05, 0.1) is 6.54 Å². The van der Waals surface area contributed by atoms with Crippen LogP contribution in [0.3, 0.4) is 0 Å². The molecule has 0 spiro atoms. The van der Waals surface area contributed by atoms with Gasteiger partial charge >= 0.3 is 0 Å². The molecule has 106 valence electrons. The van der Waals surface area contributed by atoms with Crippen LogP contribution in [0.4, 0.5) is 0 Å². The van der Waals surface area contributed by atoms with Gasteiger partial charge in [0.15, 0.2) is 5.96 Å². The summed E-state index contributed by atoms with van der Waals surface area (Å²) in [5.41, 5.74) is 7.09. The minimum Gasteiger partial charge on any atom is -0.370 e. The summed E-state index contributed by atoms with van der Waals surface area (Å²) in [6, 6.07) is 0.231. The Morgan fingerprint density at radius 1 is 1.47 bits per heavy atom. The van der Waals surface area contributed by atoms with Crippen molar-refractivity contribution in [3.8, 4) is 0 Å². The molecule has 1 aromatic rings. The third-order valence-corrected chi connectivity index (χ3v) is 4.63. The zero-order valence-electron chi connectivity index (χ0n) is 12.0. The molecule has 5 nitrogen and oxygen atoms in total. The van der Waals surface area contributed by atoms with E-state index >= 15 is 0 Å². The number of aliphatic imine (C=N–C) groups is 1. The lowest BCUT2D eigenvalue weighted by Gasteiger charge is -2.28. The number of aryl methyl sites for hydroxylation is 1. The van der Waals surface area contributed by atoms with Crippen molar-refractivity contribution in [2.24, 2.45) is 10.7 Å². The van der Waals surface area contributed by atoms with Crippen LogP contribution in [0, 0.1) is 6.92 Å². The third kappa shape index (κ3) is 3.25. The zero-order valence-corrected chi connectivity index (χ0v) is 12.8. The van der Waals surface area contributed by atoms with Gasteiger partial charge in [0.1, 0.15) is 11.0 Å². The number of nitrogens with two attached hydrogens (primary N) is 1. The van der Waals surface area contributed by atoms with Crippen molar-refractivity contribution < 1.29 is 0 Å². The fraction of sp³-hybridized carbons (Fsp3) is 0.692. The van der Waals surface area contributed by atoms with Gasteiger partial charge in [0.25, 0.3) is 0 Å². The lowest BCUT2D eigenvalue weighted by Crippen LogP contribution is -2.41. The molecule has 2 N–H and O–H groups in total. The number of rotatable bonds is 6. The largest absolute Gasteiger partial charge is 0.370 e. The quantitative estimate of drug-likeness (QED) is 0.858. The van der Waals surface area contributed by atoms with E-state index in [1.54, 1.807) is 11.3 Å². The van der Waals surface area contributed by atoms with Crippen LogP contribution < -0.4 is 5.73 Å². The highest BCUT2D eigenvalue weighted by Gasteiger charge is 2.29. The summed E-state index contributed by atoms with van der Waals surface area (Å²) in [4.78, 5) is 13.6. The first kappa shape index (κ1) is 14.3. The summed E-state index contributed by atoms with van der Waals surface area (Å²) < 4.78 is 0. The fourth-order valence-electron chi connectivity index (χ4n) is 2.33. The Bertz CT molecular complexity index is 438. The van der Waals surface area contributed by atoms with Crippen molar-refractivity contribution in [2.75, 3.05) is 32.7 Å². The number of hydrogen-bond acceptors (Lipinski definition) is 6. The first-order valence-corrected chi connectivity index (χ1v) is 7.74. The number of hydrogen-bond donors (Lipinski definition) is 1. The van der Waals surface area contributed by atoms with E-state index in [-0.39, 0.29) is 6.04 Å². The predicted octanol–water partition coefficient (Wildman–Crippen LogP) is 1.46. The van der Waals surface area contributed by atoms with E-state index < -0.39 is 0 Å². The standard InChI is InChI=1S/C13H23N5S/c1-4-17(5-2)6-7-18-11(8-15-13(18)14)12-16-10(3)9-19-12/h9,11H,4-8H2,1-3H3,(H2,14,15). The van der Waals surface area contributed by atoms with Gasteiger partial charge in [-0.2, -0.15) is 0 Å². The van der Waals surface area contributed by atoms with Crippen molar-refractivity contribution in [3.63, 3.8) is 0 Å². The fourth-order valence-corrected chi connectivity index (χ4v) is 3.22. The Morgan fingerprint density at radius 3 is 2.79 bits per heavy atom. The molecule has 0 radical (unpaired) electrons. The number of nitrogens with zero attached hydrogens (tertiary/aromatic N) is 4. The van der Waals surface area contributed by atoms with Crippen LogP contribution in [0.5, 0.6) is 0 Å². The topological polar surface area (TPSA) is 57.8 Å². The zero-order chi connectivity index (χ0) is 13.8. The lowest BCUT2D eigenvalue weighted by atomic mass is 10.3. The summed E-state index contributed by atoms with van der Waals surface area (Å²) in [5, 5.41) is 3.22. The molecule has 1 aliphatic rings. The van der Waals surface area contributed by atoms with E-state index in [0.717, 1.165) is 43.4 Å². The molecule has 0 fully saturated rings. The van der Waals surface area contributed by atoms with Crippen LogP contribution in [0.25, 0.3) is 0 Å². The Balaban J connectivity index is 2.01. The van der Waals surface area contributed by atoms with Gasteiger partial charge in [-0.05, 0) is 20.0 Å². The van der Waals surface area contributed by atoms with E-state index in [4.69, 9.17) is 5.73 Å². The average molecular weight is 281 g/mol. The monoisotopic (exact) mass is 281 g/mol. The molecular formula is C13H23N5S. The first-order valence-electron chi connectivity index (χ1n) is 6.86. The third-order valence-electron chi connectivity index (χ3n) is 3.57. The molecular weight excluding hydrogens is 258 g/mol. The summed E-state index contributed by atoms with van der Waals surface area (Å²) in [6.45, 7) is 11.2. The van der Waals surface area contributed by atoms with Gasteiger partial charge in [0.2, 0.25) is 0 Å². The van der Waals surface area contributed by atoms with E-state index in [0.29, 0.717) is 5.96 Å². The van der Waals surface area contributed by atoms with Crippen molar-refractivity contribution >= 4 is 17.3 Å². The van der Waals surface area contributed by atoms with Crippen molar-refractivity contribution in [2.45, 2.75) is 26.8 Å². The molecule has 0 aromatic carbocycles. The molecule has 0 bridgehead atoms. The van der Waals surface area contributed by atoms with Gasteiger partial charge in [0, 0.05) is 24.2 Å². The molecule has 1 unspecified atom stereocenters. The molecule has 6 heteroatoms. The minimum absolute atomic E-state index is 0.231. The maximum absolute atomic E-state index is 6.02. The molecule has 0 amide bonds. The molecule has 2 heterocycles. The second-order valence-electron chi connectivity index (χ2n) is 4.76.